The summed E-state index contributed by atoms with van der Waals surface area (Å²) in [6, 6.07) is 2.45. The van der Waals surface area contributed by atoms with Crippen LogP contribution in [0.15, 0.2) is 24.3 Å². The summed E-state index contributed by atoms with van der Waals surface area (Å²) in [7, 11) is 0. The molecule has 1 fully saturated rings. The standard InChI is InChI=1S/C27H22O18/c28-9-1-6(2-10(29)16(9)32)24(39)45-27-22(38)23-19(35)13(43-27)5-42-25(40)7-3-11(30)17(33)20(36)14(7)15-8(26(41)44-23)4-12(31)18(34)21(15)37/h1-4,13,19,22-23,27-38H,5H2/t13-,19+,22+,23+,27-/m1/s1. The molecule has 0 amide bonds. The SMILES string of the molecule is O=C(O[C@H]1O[C@@H]2COC(=O)c3cc(O)c(O)c(O)c3-c3c(cc(O)c(O)c3O)C(=O)O[C@H]([C@@H]1O)[C@H]2O)c1cc(O)c(O)c(O)c1. The molecule has 2 aliphatic rings. The van der Waals surface area contributed by atoms with Crippen LogP contribution in [0, 0.1) is 0 Å². The highest BCUT2D eigenvalue weighted by Crippen LogP contribution is 2.53. The van der Waals surface area contributed by atoms with E-state index < -0.39 is 135 Å². The second-order valence-electron chi connectivity index (χ2n) is 9.79. The fourth-order valence-corrected chi connectivity index (χ4v) is 4.71. The molecule has 0 radical (unpaired) electrons. The van der Waals surface area contributed by atoms with Crippen LogP contribution in [0.4, 0.5) is 0 Å². The van der Waals surface area contributed by atoms with Gasteiger partial charge >= 0.3 is 17.9 Å². The van der Waals surface area contributed by atoms with Gasteiger partial charge in [-0.3, -0.25) is 0 Å². The summed E-state index contributed by atoms with van der Waals surface area (Å²) in [6.45, 7) is -0.947. The van der Waals surface area contributed by atoms with E-state index in [2.05, 4.69) is 0 Å². The first-order valence-electron chi connectivity index (χ1n) is 12.5. The van der Waals surface area contributed by atoms with Crippen molar-refractivity contribution in [1.82, 2.24) is 0 Å². The number of fused-ring (bicyclic) bond motifs is 5. The molecule has 2 heterocycles. The average molecular weight is 634 g/mol. The van der Waals surface area contributed by atoms with Gasteiger partial charge in [-0.2, -0.15) is 0 Å². The minimum atomic E-state index is -2.22. The molecule has 3 aromatic rings. The molecule has 1 saturated heterocycles. The van der Waals surface area contributed by atoms with Gasteiger partial charge in [0.15, 0.2) is 52.5 Å². The molecule has 11 N–H and O–H groups in total. The van der Waals surface area contributed by atoms with Crippen molar-refractivity contribution in [1.29, 1.82) is 0 Å². The number of carbonyl (C=O) groups excluding carboxylic acids is 3. The maximum atomic E-state index is 13.5. The third-order valence-electron chi connectivity index (χ3n) is 6.99. The van der Waals surface area contributed by atoms with Crippen LogP contribution in [0.5, 0.6) is 51.7 Å². The molecule has 0 aliphatic carbocycles. The number of benzene rings is 3. The Morgan fingerprint density at radius 2 is 1.16 bits per heavy atom. The minimum Gasteiger partial charge on any atom is -0.504 e. The zero-order chi connectivity index (χ0) is 33.1. The van der Waals surface area contributed by atoms with Crippen LogP contribution in [-0.4, -0.2) is 111 Å². The molecule has 18 nitrogen and oxygen atoms in total. The highest BCUT2D eigenvalue weighted by molar-refractivity contribution is 6.08. The van der Waals surface area contributed by atoms with Crippen molar-refractivity contribution >= 4 is 17.9 Å². The van der Waals surface area contributed by atoms with Crippen molar-refractivity contribution in [3.63, 3.8) is 0 Å². The zero-order valence-corrected chi connectivity index (χ0v) is 22.2. The second-order valence-corrected chi connectivity index (χ2v) is 9.79. The van der Waals surface area contributed by atoms with E-state index in [1.807, 2.05) is 0 Å². The molecule has 0 unspecified atom stereocenters. The van der Waals surface area contributed by atoms with Gasteiger partial charge in [-0.1, -0.05) is 0 Å². The van der Waals surface area contributed by atoms with E-state index >= 15 is 0 Å². The Bertz CT molecular complexity index is 1730. The molecule has 2 bridgehead atoms. The van der Waals surface area contributed by atoms with E-state index in [4.69, 9.17) is 18.9 Å². The molecule has 5 rings (SSSR count). The highest BCUT2D eigenvalue weighted by atomic mass is 16.7. The van der Waals surface area contributed by atoms with Crippen molar-refractivity contribution < 1.29 is 89.5 Å². The molecule has 45 heavy (non-hydrogen) atoms. The lowest BCUT2D eigenvalue weighted by atomic mass is 9.91. The van der Waals surface area contributed by atoms with Gasteiger partial charge in [0.05, 0.1) is 16.7 Å². The third kappa shape index (κ3) is 5.07. The average Bonchev–Trinajstić information content (AvgIpc) is 2.99. The number of phenols is 9. The van der Waals surface area contributed by atoms with Gasteiger partial charge in [-0.15, -0.1) is 0 Å². The Morgan fingerprint density at radius 1 is 0.667 bits per heavy atom. The number of hydrogen-bond acceptors (Lipinski definition) is 18. The topological polar surface area (TPSA) is 311 Å². The fraction of sp³-hybridized carbons (Fsp3) is 0.222. The molecule has 3 aromatic carbocycles. The van der Waals surface area contributed by atoms with Gasteiger partial charge < -0.3 is 75.1 Å². The van der Waals surface area contributed by atoms with E-state index in [1.54, 1.807) is 0 Å². The van der Waals surface area contributed by atoms with E-state index in [1.165, 1.54) is 0 Å². The number of rotatable bonds is 2. The Hall–Kier alpha value is -5.85. The first-order valence-corrected chi connectivity index (χ1v) is 12.5. The second kappa shape index (κ2) is 11.0. The van der Waals surface area contributed by atoms with Crippen molar-refractivity contribution in [2.45, 2.75) is 30.7 Å². The number of ether oxygens (including phenoxy) is 4. The van der Waals surface area contributed by atoms with Gasteiger partial charge in [0.2, 0.25) is 17.8 Å². The molecular formula is C27H22O18. The van der Waals surface area contributed by atoms with Crippen LogP contribution < -0.4 is 0 Å². The third-order valence-corrected chi connectivity index (χ3v) is 6.99. The summed E-state index contributed by atoms with van der Waals surface area (Å²) in [5.41, 5.74) is -4.12. The van der Waals surface area contributed by atoms with E-state index in [-0.39, 0.29) is 0 Å². The molecule has 0 saturated carbocycles. The predicted octanol–water partition coefficient (Wildman–Crippen LogP) is -0.297. The van der Waals surface area contributed by atoms with Crippen LogP contribution in [0.2, 0.25) is 0 Å². The lowest BCUT2D eigenvalue weighted by molar-refractivity contribution is -0.284. The van der Waals surface area contributed by atoms with E-state index in [0.717, 1.165) is 0 Å². The van der Waals surface area contributed by atoms with Crippen molar-refractivity contribution in [2.75, 3.05) is 6.61 Å². The number of aromatic hydroxyl groups is 9. The number of phenolic OH excluding ortho intramolecular Hbond substituents is 9. The lowest BCUT2D eigenvalue weighted by Gasteiger charge is -2.41. The van der Waals surface area contributed by atoms with Crippen LogP contribution in [-0.2, 0) is 18.9 Å². The summed E-state index contributed by atoms with van der Waals surface area (Å²) >= 11 is 0. The van der Waals surface area contributed by atoms with Crippen LogP contribution >= 0.6 is 0 Å². The van der Waals surface area contributed by atoms with Crippen molar-refractivity contribution in [3.05, 3.63) is 41.0 Å². The largest absolute Gasteiger partial charge is 0.504 e. The Morgan fingerprint density at radius 3 is 1.69 bits per heavy atom. The van der Waals surface area contributed by atoms with Gasteiger partial charge in [-0.25, -0.2) is 14.4 Å². The van der Waals surface area contributed by atoms with Crippen LogP contribution in [0.1, 0.15) is 31.1 Å². The Kier molecular flexibility index (Phi) is 7.49. The van der Waals surface area contributed by atoms with E-state index in [0.29, 0.717) is 24.3 Å². The monoisotopic (exact) mass is 634 g/mol. The number of cyclic esters (lactones) is 1. The number of aliphatic hydroxyl groups excluding tert-OH is 2. The fourth-order valence-electron chi connectivity index (χ4n) is 4.71. The number of carbonyl (C=O) groups is 3. The number of aliphatic hydroxyl groups is 2. The van der Waals surface area contributed by atoms with Crippen LogP contribution in [0.25, 0.3) is 11.1 Å². The molecule has 5 atom stereocenters. The summed E-state index contributed by atoms with van der Waals surface area (Å²) in [5.74, 6) is -14.5. The number of esters is 3. The smallest absolute Gasteiger partial charge is 0.340 e. The molecule has 18 heteroatoms. The van der Waals surface area contributed by atoms with Crippen molar-refractivity contribution in [2.24, 2.45) is 0 Å². The molecule has 0 spiro atoms. The van der Waals surface area contributed by atoms with Crippen molar-refractivity contribution in [3.8, 4) is 62.9 Å². The lowest BCUT2D eigenvalue weighted by Crippen LogP contribution is -2.61. The maximum Gasteiger partial charge on any atom is 0.340 e. The maximum absolute atomic E-state index is 13.5. The first kappa shape index (κ1) is 30.6. The zero-order valence-electron chi connectivity index (χ0n) is 22.2. The molecular weight excluding hydrogens is 612 g/mol. The van der Waals surface area contributed by atoms with Gasteiger partial charge in [0.25, 0.3) is 0 Å². The Balaban J connectivity index is 1.61. The summed E-state index contributed by atoms with van der Waals surface area (Å²) in [6.07, 6.45) is -10.2. The molecule has 238 valence electrons. The summed E-state index contributed by atoms with van der Waals surface area (Å²) in [5, 5.41) is 113. The Labute approximate surface area is 248 Å². The normalized spacial score (nSPS) is 22.9. The van der Waals surface area contributed by atoms with E-state index in [9.17, 15) is 70.6 Å². The quantitative estimate of drug-likeness (QED) is 0.0979. The number of hydrogen-bond donors (Lipinski definition) is 11. The summed E-state index contributed by atoms with van der Waals surface area (Å²) < 4.78 is 20.8. The first-order chi connectivity index (χ1) is 21.1. The molecule has 2 aliphatic heterocycles. The van der Waals surface area contributed by atoms with Gasteiger partial charge in [-0.05, 0) is 24.3 Å². The highest BCUT2D eigenvalue weighted by Gasteiger charge is 2.50. The van der Waals surface area contributed by atoms with Gasteiger partial charge in [0, 0.05) is 11.1 Å². The van der Waals surface area contributed by atoms with Gasteiger partial charge in [0.1, 0.15) is 18.8 Å². The predicted molar refractivity (Wildman–Crippen MR) is 139 cm³/mol. The molecule has 0 aromatic heterocycles. The van der Waals surface area contributed by atoms with Crippen LogP contribution in [0.3, 0.4) is 0 Å². The summed E-state index contributed by atoms with van der Waals surface area (Å²) in [4.78, 5) is 39.4. The minimum absolute atomic E-state index is 0.508.